The van der Waals surface area contributed by atoms with Crippen LogP contribution in [-0.2, 0) is 11.2 Å². The van der Waals surface area contributed by atoms with Crippen LogP contribution in [0.4, 0.5) is 5.69 Å². The molecule has 0 atom stereocenters. The highest BCUT2D eigenvalue weighted by Crippen LogP contribution is 2.22. The first-order chi connectivity index (χ1) is 9.04. The normalized spacial score (nSPS) is 10.0. The third-order valence-electron chi connectivity index (χ3n) is 2.74. The molecular weight excluding hydrogens is 240 g/mol. The second-order valence-electron chi connectivity index (χ2n) is 4.60. The zero-order valence-corrected chi connectivity index (χ0v) is 11.7. The molecule has 0 aliphatic heterocycles. The van der Waals surface area contributed by atoms with Crippen LogP contribution in [0.15, 0.2) is 30.9 Å². The first-order valence-electron chi connectivity index (χ1n) is 6.37. The van der Waals surface area contributed by atoms with Crippen molar-refractivity contribution in [3.8, 4) is 5.75 Å². The van der Waals surface area contributed by atoms with E-state index in [0.29, 0.717) is 25.1 Å². The zero-order valence-electron chi connectivity index (χ0n) is 11.7. The predicted octanol–water partition coefficient (Wildman–Crippen LogP) is 2.24. The summed E-state index contributed by atoms with van der Waals surface area (Å²) in [5.41, 5.74) is 7.48. The molecule has 19 heavy (non-hydrogen) atoms. The van der Waals surface area contributed by atoms with E-state index in [-0.39, 0.29) is 5.91 Å². The van der Waals surface area contributed by atoms with E-state index in [2.05, 4.69) is 6.58 Å². The highest BCUT2D eigenvalue weighted by molar-refractivity contribution is 5.75. The average molecular weight is 262 g/mol. The van der Waals surface area contributed by atoms with Gasteiger partial charge in [0.2, 0.25) is 5.91 Å². The molecule has 1 rings (SSSR count). The molecule has 0 bridgehead atoms. The van der Waals surface area contributed by atoms with Gasteiger partial charge >= 0.3 is 0 Å². The maximum Gasteiger partial charge on any atom is 0.222 e. The number of benzene rings is 1. The van der Waals surface area contributed by atoms with Gasteiger partial charge in [-0.3, -0.25) is 4.79 Å². The molecule has 1 aromatic carbocycles. The second kappa shape index (κ2) is 7.46. The quantitative estimate of drug-likeness (QED) is 0.466. The van der Waals surface area contributed by atoms with Gasteiger partial charge in [-0.25, -0.2) is 0 Å². The number of allylic oxidation sites excluding steroid dienone is 1. The number of rotatable bonds is 7. The standard InChI is InChI=1S/C15H22N2O2/c1-4-6-12-11-13(16)8-9-14(12)19-10-5-7-15(18)17(2)3/h4,8-9,11H,1,5-7,10,16H2,2-3H3. The first kappa shape index (κ1) is 15.1. The summed E-state index contributed by atoms with van der Waals surface area (Å²) < 4.78 is 5.70. The minimum Gasteiger partial charge on any atom is -0.493 e. The molecule has 4 heteroatoms. The van der Waals surface area contributed by atoms with Crippen molar-refractivity contribution in [1.29, 1.82) is 0 Å². The van der Waals surface area contributed by atoms with E-state index in [9.17, 15) is 4.79 Å². The molecule has 0 spiro atoms. The molecule has 0 radical (unpaired) electrons. The van der Waals surface area contributed by atoms with Gasteiger partial charge in [0.25, 0.3) is 0 Å². The molecule has 0 aliphatic carbocycles. The molecule has 0 aliphatic rings. The number of carbonyl (C=O) groups is 1. The summed E-state index contributed by atoms with van der Waals surface area (Å²) in [6.45, 7) is 4.24. The molecule has 0 aromatic heterocycles. The van der Waals surface area contributed by atoms with Gasteiger partial charge in [-0.2, -0.15) is 0 Å². The topological polar surface area (TPSA) is 55.6 Å². The van der Waals surface area contributed by atoms with Gasteiger partial charge in [-0.15, -0.1) is 6.58 Å². The third kappa shape index (κ3) is 5.04. The third-order valence-corrected chi connectivity index (χ3v) is 2.74. The molecular formula is C15H22N2O2. The van der Waals surface area contributed by atoms with E-state index < -0.39 is 0 Å². The fraction of sp³-hybridized carbons (Fsp3) is 0.400. The van der Waals surface area contributed by atoms with Crippen LogP contribution in [0.5, 0.6) is 5.75 Å². The molecule has 0 saturated carbocycles. The van der Waals surface area contributed by atoms with E-state index in [1.54, 1.807) is 19.0 Å². The van der Waals surface area contributed by atoms with Gasteiger partial charge in [0.05, 0.1) is 6.61 Å². The highest BCUT2D eigenvalue weighted by atomic mass is 16.5. The van der Waals surface area contributed by atoms with Gasteiger partial charge in [0.15, 0.2) is 0 Å². The predicted molar refractivity (Wildman–Crippen MR) is 78.2 cm³/mol. The summed E-state index contributed by atoms with van der Waals surface area (Å²) in [5.74, 6) is 0.929. The summed E-state index contributed by atoms with van der Waals surface area (Å²) in [4.78, 5) is 13.0. The number of nitrogens with two attached hydrogens (primary N) is 1. The molecule has 0 unspecified atom stereocenters. The Morgan fingerprint density at radius 3 is 2.84 bits per heavy atom. The Morgan fingerprint density at radius 2 is 2.21 bits per heavy atom. The van der Waals surface area contributed by atoms with Crippen molar-refractivity contribution in [3.63, 3.8) is 0 Å². The number of ether oxygens (including phenoxy) is 1. The monoisotopic (exact) mass is 262 g/mol. The van der Waals surface area contributed by atoms with Gasteiger partial charge in [0, 0.05) is 26.2 Å². The lowest BCUT2D eigenvalue weighted by Crippen LogP contribution is -2.21. The zero-order chi connectivity index (χ0) is 14.3. The number of hydrogen-bond acceptors (Lipinski definition) is 3. The van der Waals surface area contributed by atoms with Crippen LogP contribution in [-0.4, -0.2) is 31.5 Å². The maximum absolute atomic E-state index is 11.4. The fourth-order valence-electron chi connectivity index (χ4n) is 1.68. The smallest absolute Gasteiger partial charge is 0.222 e. The van der Waals surface area contributed by atoms with E-state index in [0.717, 1.165) is 17.7 Å². The maximum atomic E-state index is 11.4. The number of carbonyl (C=O) groups excluding carboxylic acids is 1. The van der Waals surface area contributed by atoms with Crippen LogP contribution in [0.2, 0.25) is 0 Å². The lowest BCUT2D eigenvalue weighted by molar-refractivity contribution is -0.128. The minimum absolute atomic E-state index is 0.118. The Morgan fingerprint density at radius 1 is 1.47 bits per heavy atom. The van der Waals surface area contributed by atoms with E-state index in [4.69, 9.17) is 10.5 Å². The Kier molecular flexibility index (Phi) is 5.93. The average Bonchev–Trinajstić information content (AvgIpc) is 2.36. The summed E-state index contributed by atoms with van der Waals surface area (Å²) in [6.07, 6.45) is 3.74. The fourth-order valence-corrected chi connectivity index (χ4v) is 1.68. The SMILES string of the molecule is C=CCc1cc(N)ccc1OCCCC(=O)N(C)C. The minimum atomic E-state index is 0.118. The van der Waals surface area contributed by atoms with Gasteiger partial charge in [-0.1, -0.05) is 6.08 Å². The number of hydrogen-bond donors (Lipinski definition) is 1. The van der Waals surface area contributed by atoms with Crippen LogP contribution in [0.1, 0.15) is 18.4 Å². The summed E-state index contributed by atoms with van der Waals surface area (Å²) in [6, 6.07) is 5.57. The summed E-state index contributed by atoms with van der Waals surface area (Å²) >= 11 is 0. The number of anilines is 1. The highest BCUT2D eigenvalue weighted by Gasteiger charge is 2.05. The van der Waals surface area contributed by atoms with Crippen molar-refractivity contribution in [2.24, 2.45) is 0 Å². The lowest BCUT2D eigenvalue weighted by atomic mass is 10.1. The van der Waals surface area contributed by atoms with Crippen LogP contribution in [0, 0.1) is 0 Å². The summed E-state index contributed by atoms with van der Waals surface area (Å²) in [7, 11) is 3.51. The van der Waals surface area contributed by atoms with Crippen LogP contribution in [0.3, 0.4) is 0 Å². The van der Waals surface area contributed by atoms with Crippen molar-refractivity contribution in [2.45, 2.75) is 19.3 Å². The van der Waals surface area contributed by atoms with Crippen molar-refractivity contribution >= 4 is 11.6 Å². The van der Waals surface area contributed by atoms with E-state index in [1.807, 2.05) is 24.3 Å². The van der Waals surface area contributed by atoms with Gasteiger partial charge < -0.3 is 15.4 Å². The molecule has 0 fully saturated rings. The first-order valence-corrected chi connectivity index (χ1v) is 6.37. The Bertz CT molecular complexity index is 442. The molecule has 0 saturated heterocycles. The van der Waals surface area contributed by atoms with E-state index in [1.165, 1.54) is 0 Å². The van der Waals surface area contributed by atoms with Crippen LogP contribution < -0.4 is 10.5 Å². The molecule has 4 nitrogen and oxygen atoms in total. The number of amides is 1. The lowest BCUT2D eigenvalue weighted by Gasteiger charge is -2.12. The Labute approximate surface area is 114 Å². The Balaban J connectivity index is 2.48. The largest absolute Gasteiger partial charge is 0.493 e. The molecule has 1 amide bonds. The Hall–Kier alpha value is -1.97. The van der Waals surface area contributed by atoms with Gasteiger partial charge in [0.1, 0.15) is 5.75 Å². The molecule has 1 aromatic rings. The number of nitrogens with zero attached hydrogens (tertiary/aromatic N) is 1. The second-order valence-corrected chi connectivity index (χ2v) is 4.60. The van der Waals surface area contributed by atoms with Crippen LogP contribution >= 0.6 is 0 Å². The van der Waals surface area contributed by atoms with E-state index >= 15 is 0 Å². The van der Waals surface area contributed by atoms with Crippen molar-refractivity contribution in [1.82, 2.24) is 4.90 Å². The van der Waals surface area contributed by atoms with Crippen molar-refractivity contribution < 1.29 is 9.53 Å². The molecule has 0 heterocycles. The molecule has 2 N–H and O–H groups in total. The van der Waals surface area contributed by atoms with Crippen molar-refractivity contribution in [2.75, 3.05) is 26.4 Å². The van der Waals surface area contributed by atoms with Crippen molar-refractivity contribution in [3.05, 3.63) is 36.4 Å². The summed E-state index contributed by atoms with van der Waals surface area (Å²) in [5, 5.41) is 0. The van der Waals surface area contributed by atoms with Crippen LogP contribution in [0.25, 0.3) is 0 Å². The molecule has 104 valence electrons. The number of nitrogen functional groups attached to an aromatic ring is 1. The van der Waals surface area contributed by atoms with Gasteiger partial charge in [-0.05, 0) is 36.6 Å².